The van der Waals surface area contributed by atoms with Crippen LogP contribution in [0.2, 0.25) is 0 Å². The lowest BCUT2D eigenvalue weighted by Crippen LogP contribution is -3.05. The Labute approximate surface area is 187 Å². The molecule has 0 saturated heterocycles. The van der Waals surface area contributed by atoms with Crippen LogP contribution in [0.1, 0.15) is 60.5 Å². The van der Waals surface area contributed by atoms with Gasteiger partial charge in [-0.3, -0.25) is 0 Å². The summed E-state index contributed by atoms with van der Waals surface area (Å²) in [4.78, 5) is 11.7. The van der Waals surface area contributed by atoms with E-state index >= 15 is 0 Å². The van der Waals surface area contributed by atoms with E-state index in [4.69, 9.17) is 5.11 Å². The molecule has 0 heterocycles. The van der Waals surface area contributed by atoms with Gasteiger partial charge in [-0.15, -0.1) is 0 Å². The van der Waals surface area contributed by atoms with Gasteiger partial charge in [0.1, 0.15) is 10.1 Å². The molecular formula is C24H37NO5S. The second kappa shape index (κ2) is 15.6. The molecule has 2 N–H and O–H groups in total. The first-order valence-corrected chi connectivity index (χ1v) is 12.0. The molecule has 7 heteroatoms. The summed E-state index contributed by atoms with van der Waals surface area (Å²) < 4.78 is 31.2. The minimum atomic E-state index is -4.27. The second-order valence-electron chi connectivity index (χ2n) is 7.81. The van der Waals surface area contributed by atoms with E-state index < -0.39 is 16.1 Å². The van der Waals surface area contributed by atoms with E-state index in [0.29, 0.717) is 5.56 Å². The maximum atomic E-state index is 10.4. The smallest absolute Gasteiger partial charge is 0.335 e. The van der Waals surface area contributed by atoms with Crippen molar-refractivity contribution in [3.63, 3.8) is 0 Å². The summed E-state index contributed by atoms with van der Waals surface area (Å²) in [5, 5.41) is 8.48. The minimum Gasteiger partial charge on any atom is -0.744 e. The molecule has 31 heavy (non-hydrogen) atoms. The zero-order valence-corrected chi connectivity index (χ0v) is 20.2. The van der Waals surface area contributed by atoms with E-state index in [1.807, 2.05) is 13.8 Å². The standard InChI is InChI=1S/C9H21N.C8H8O2.C7H8O3S/c1-4-5-6-7-8-9-10(2)3;1-6-2-4-7(5-3-6)8(9)10;1-6-2-4-7(5-3-6)11(8,9)10/h4-9H2,1-3H3;2-5H,1H3,(H,9,10);2-5H,1H3,(H,8,9,10). The Hall–Kier alpha value is -2.22. The second-order valence-corrected chi connectivity index (χ2v) is 9.19. The fourth-order valence-electron chi connectivity index (χ4n) is 2.48. The third kappa shape index (κ3) is 15.3. The lowest BCUT2D eigenvalue weighted by molar-refractivity contribution is -0.858. The van der Waals surface area contributed by atoms with Gasteiger partial charge in [0.2, 0.25) is 0 Å². The first-order chi connectivity index (χ1) is 14.5. The molecule has 0 atom stereocenters. The Kier molecular flexibility index (Phi) is 14.4. The van der Waals surface area contributed by atoms with Crippen LogP contribution < -0.4 is 4.90 Å². The van der Waals surface area contributed by atoms with Crippen LogP contribution in [0.3, 0.4) is 0 Å². The summed E-state index contributed by atoms with van der Waals surface area (Å²) in [6.07, 6.45) is 7.04. The quantitative estimate of drug-likeness (QED) is 0.471. The largest absolute Gasteiger partial charge is 0.744 e. The monoisotopic (exact) mass is 451 g/mol. The highest BCUT2D eigenvalue weighted by atomic mass is 32.2. The zero-order valence-electron chi connectivity index (χ0n) is 19.3. The van der Waals surface area contributed by atoms with Gasteiger partial charge >= 0.3 is 5.97 Å². The number of rotatable bonds is 8. The molecule has 0 radical (unpaired) electrons. The van der Waals surface area contributed by atoms with Crippen molar-refractivity contribution in [1.29, 1.82) is 0 Å². The SMILES string of the molecule is CCCCCCC[NH+](C)C.Cc1ccc(C(=O)O)cc1.Cc1ccc(S(=O)(=O)[O-])cc1. The van der Waals surface area contributed by atoms with Crippen LogP contribution in [0.4, 0.5) is 0 Å². The Balaban J connectivity index is 0.000000436. The third-order valence-electron chi connectivity index (χ3n) is 4.39. The molecule has 2 aromatic carbocycles. The predicted molar refractivity (Wildman–Crippen MR) is 124 cm³/mol. The normalized spacial score (nSPS) is 10.5. The summed E-state index contributed by atoms with van der Waals surface area (Å²) in [6, 6.07) is 12.5. The first-order valence-electron chi connectivity index (χ1n) is 10.6. The molecule has 0 amide bonds. The van der Waals surface area contributed by atoms with E-state index in [1.165, 1.54) is 50.8 Å². The van der Waals surface area contributed by atoms with Crippen LogP contribution in [0.25, 0.3) is 0 Å². The van der Waals surface area contributed by atoms with Crippen molar-refractivity contribution >= 4 is 16.1 Å². The molecule has 0 aliphatic carbocycles. The predicted octanol–water partition coefficient (Wildman–Crippen LogP) is 3.69. The van der Waals surface area contributed by atoms with Gasteiger partial charge in [0.05, 0.1) is 31.1 Å². The summed E-state index contributed by atoms with van der Waals surface area (Å²) >= 11 is 0. The van der Waals surface area contributed by atoms with Gasteiger partial charge in [0.15, 0.2) is 0 Å². The third-order valence-corrected chi connectivity index (χ3v) is 5.24. The number of unbranched alkanes of at least 4 members (excludes halogenated alkanes) is 4. The summed E-state index contributed by atoms with van der Waals surface area (Å²) in [7, 11) is 0.175. The molecule has 0 spiro atoms. The molecular weight excluding hydrogens is 414 g/mol. The van der Waals surface area contributed by atoms with Crippen LogP contribution in [0.5, 0.6) is 0 Å². The van der Waals surface area contributed by atoms with E-state index in [-0.39, 0.29) is 4.90 Å². The molecule has 0 saturated carbocycles. The van der Waals surface area contributed by atoms with Gasteiger partial charge < -0.3 is 14.6 Å². The first kappa shape index (κ1) is 28.8. The highest BCUT2D eigenvalue weighted by molar-refractivity contribution is 7.85. The fraction of sp³-hybridized carbons (Fsp3) is 0.458. The number of carboxylic acid groups (broad SMARTS) is 1. The average Bonchev–Trinajstić information content (AvgIpc) is 2.68. The number of quaternary nitrogens is 1. The average molecular weight is 452 g/mol. The molecule has 0 aliphatic heterocycles. The number of nitrogens with one attached hydrogen (secondary N) is 1. The molecule has 6 nitrogen and oxygen atoms in total. The van der Waals surface area contributed by atoms with Gasteiger partial charge in [-0.1, -0.05) is 61.6 Å². The molecule has 2 rings (SSSR count). The van der Waals surface area contributed by atoms with Gasteiger partial charge in [0.25, 0.3) is 0 Å². The topological polar surface area (TPSA) is 98.9 Å². The molecule has 2 aromatic rings. The van der Waals surface area contributed by atoms with E-state index in [9.17, 15) is 17.8 Å². The van der Waals surface area contributed by atoms with Gasteiger partial charge in [0, 0.05) is 0 Å². The van der Waals surface area contributed by atoms with Crippen molar-refractivity contribution in [2.75, 3.05) is 20.6 Å². The van der Waals surface area contributed by atoms with Crippen molar-refractivity contribution in [2.45, 2.75) is 57.8 Å². The number of hydrogen-bond acceptors (Lipinski definition) is 4. The van der Waals surface area contributed by atoms with Crippen LogP contribution in [-0.4, -0.2) is 44.7 Å². The van der Waals surface area contributed by atoms with Crippen molar-refractivity contribution in [3.05, 3.63) is 65.2 Å². The number of carboxylic acids is 1. The van der Waals surface area contributed by atoms with Crippen LogP contribution in [-0.2, 0) is 10.1 Å². The summed E-state index contributed by atoms with van der Waals surface area (Å²) in [5.74, 6) is -0.875. The van der Waals surface area contributed by atoms with E-state index in [2.05, 4.69) is 21.0 Å². The molecule has 0 bridgehead atoms. The fourth-order valence-corrected chi connectivity index (χ4v) is 2.95. The van der Waals surface area contributed by atoms with Crippen molar-refractivity contribution < 1.29 is 27.8 Å². The van der Waals surface area contributed by atoms with Crippen molar-refractivity contribution in [1.82, 2.24) is 0 Å². The number of aryl methyl sites for hydroxylation is 2. The molecule has 0 aromatic heterocycles. The van der Waals surface area contributed by atoms with Crippen LogP contribution in [0.15, 0.2) is 53.4 Å². The van der Waals surface area contributed by atoms with Crippen molar-refractivity contribution in [3.8, 4) is 0 Å². The molecule has 0 fully saturated rings. The number of carbonyl (C=O) groups is 1. The highest BCUT2D eigenvalue weighted by Crippen LogP contribution is 2.08. The Morgan fingerprint density at radius 3 is 1.71 bits per heavy atom. The summed E-state index contributed by atoms with van der Waals surface area (Å²) in [6.45, 7) is 7.34. The summed E-state index contributed by atoms with van der Waals surface area (Å²) in [5.41, 5.74) is 2.34. The van der Waals surface area contributed by atoms with Crippen molar-refractivity contribution in [2.24, 2.45) is 0 Å². The lowest BCUT2D eigenvalue weighted by atomic mass is 10.1. The number of aromatic carboxylic acids is 1. The Bertz CT molecular complexity index is 845. The maximum absolute atomic E-state index is 10.4. The van der Waals surface area contributed by atoms with Gasteiger partial charge in [-0.05, 0) is 51.0 Å². The minimum absolute atomic E-state index is 0.178. The molecule has 0 unspecified atom stereocenters. The highest BCUT2D eigenvalue weighted by Gasteiger charge is 1.99. The van der Waals surface area contributed by atoms with E-state index in [0.717, 1.165) is 11.1 Å². The maximum Gasteiger partial charge on any atom is 0.335 e. The lowest BCUT2D eigenvalue weighted by Gasteiger charge is -2.05. The van der Waals surface area contributed by atoms with Gasteiger partial charge in [-0.2, -0.15) is 0 Å². The zero-order chi connectivity index (χ0) is 23.9. The Morgan fingerprint density at radius 1 is 0.871 bits per heavy atom. The van der Waals surface area contributed by atoms with Crippen LogP contribution >= 0.6 is 0 Å². The Morgan fingerprint density at radius 2 is 1.32 bits per heavy atom. The van der Waals surface area contributed by atoms with E-state index in [1.54, 1.807) is 41.3 Å². The molecule has 174 valence electrons. The number of benzene rings is 2. The molecule has 0 aliphatic rings. The number of hydrogen-bond donors (Lipinski definition) is 2. The van der Waals surface area contributed by atoms with Gasteiger partial charge in [-0.25, -0.2) is 13.2 Å². The van der Waals surface area contributed by atoms with Crippen LogP contribution in [0, 0.1) is 13.8 Å².